The molecule has 1 aliphatic rings. The summed E-state index contributed by atoms with van der Waals surface area (Å²) in [4.78, 5) is 14.3. The molecular formula is C15H23ClN2O. The van der Waals surface area contributed by atoms with Gasteiger partial charge in [-0.3, -0.25) is 4.79 Å². The molecule has 19 heavy (non-hydrogen) atoms. The maximum atomic E-state index is 12.4. The van der Waals surface area contributed by atoms with Gasteiger partial charge in [0.2, 0.25) is 0 Å². The molecule has 2 rings (SSSR count). The number of halogens is 1. The number of carbonyl (C=O) groups is 1. The molecule has 1 aliphatic heterocycles. The quantitative estimate of drug-likeness (QED) is 0.904. The molecule has 0 saturated carbocycles. The van der Waals surface area contributed by atoms with Crippen molar-refractivity contribution in [3.05, 3.63) is 35.4 Å². The van der Waals surface area contributed by atoms with Gasteiger partial charge in [-0.15, -0.1) is 12.4 Å². The van der Waals surface area contributed by atoms with E-state index in [-0.39, 0.29) is 24.4 Å². The molecule has 1 aromatic carbocycles. The number of carbonyl (C=O) groups excluding carboxylic acids is 1. The third kappa shape index (κ3) is 3.71. The highest BCUT2D eigenvalue weighted by Gasteiger charge is 2.23. The molecule has 0 aliphatic carbocycles. The molecule has 3 nitrogen and oxygen atoms in total. The minimum absolute atomic E-state index is 0. The van der Waals surface area contributed by atoms with Gasteiger partial charge in [0, 0.05) is 31.2 Å². The second-order valence-corrected chi connectivity index (χ2v) is 5.33. The van der Waals surface area contributed by atoms with E-state index in [1.165, 1.54) is 5.56 Å². The van der Waals surface area contributed by atoms with Crippen LogP contribution in [0.2, 0.25) is 0 Å². The largest absolute Gasteiger partial charge is 0.333 e. The summed E-state index contributed by atoms with van der Waals surface area (Å²) in [5, 5.41) is 3.30. The van der Waals surface area contributed by atoms with Crippen LogP contribution >= 0.6 is 12.4 Å². The predicted molar refractivity (Wildman–Crippen MR) is 81.1 cm³/mol. The Hall–Kier alpha value is -1.06. The molecule has 4 heteroatoms. The minimum Gasteiger partial charge on any atom is -0.333 e. The third-order valence-electron chi connectivity index (χ3n) is 3.59. The molecule has 1 N–H and O–H groups in total. The summed E-state index contributed by atoms with van der Waals surface area (Å²) in [6, 6.07) is 8.30. The Balaban J connectivity index is 0.00000180. The third-order valence-corrected chi connectivity index (χ3v) is 3.59. The molecule has 1 fully saturated rings. The summed E-state index contributed by atoms with van der Waals surface area (Å²) < 4.78 is 0. The number of hydrogen-bond acceptors (Lipinski definition) is 2. The van der Waals surface area contributed by atoms with E-state index in [4.69, 9.17) is 0 Å². The Labute approximate surface area is 121 Å². The maximum absolute atomic E-state index is 12.4. The summed E-state index contributed by atoms with van der Waals surface area (Å²) >= 11 is 0. The molecule has 1 heterocycles. The Morgan fingerprint density at radius 3 is 2.47 bits per heavy atom. The van der Waals surface area contributed by atoms with E-state index < -0.39 is 0 Å². The van der Waals surface area contributed by atoms with Gasteiger partial charge in [-0.1, -0.05) is 26.0 Å². The normalized spacial score (nSPS) is 19.2. The van der Waals surface area contributed by atoms with Crippen LogP contribution in [0.15, 0.2) is 24.3 Å². The highest BCUT2D eigenvalue weighted by molar-refractivity contribution is 5.94. The van der Waals surface area contributed by atoms with Crippen LogP contribution in [0.4, 0.5) is 0 Å². The lowest BCUT2D eigenvalue weighted by Gasteiger charge is -2.34. The Bertz CT molecular complexity index is 417. The number of nitrogens with zero attached hydrogens (tertiary/aromatic N) is 1. The zero-order valence-corrected chi connectivity index (χ0v) is 12.7. The van der Waals surface area contributed by atoms with Crippen LogP contribution in [0.1, 0.15) is 42.6 Å². The van der Waals surface area contributed by atoms with E-state index in [2.05, 4.69) is 38.2 Å². The summed E-state index contributed by atoms with van der Waals surface area (Å²) in [6.07, 6.45) is 0. The molecular weight excluding hydrogens is 260 g/mol. The average molecular weight is 283 g/mol. The number of rotatable bonds is 2. The lowest BCUT2D eigenvalue weighted by atomic mass is 10.0. The molecule has 0 unspecified atom stereocenters. The van der Waals surface area contributed by atoms with Crippen molar-refractivity contribution in [1.29, 1.82) is 0 Å². The molecule has 1 saturated heterocycles. The van der Waals surface area contributed by atoms with Gasteiger partial charge in [0.05, 0.1) is 0 Å². The second kappa shape index (κ2) is 6.92. The molecule has 1 amide bonds. The van der Waals surface area contributed by atoms with Crippen molar-refractivity contribution in [3.8, 4) is 0 Å². The van der Waals surface area contributed by atoms with Crippen LogP contribution in [-0.4, -0.2) is 36.5 Å². The van der Waals surface area contributed by atoms with Crippen LogP contribution in [0.5, 0.6) is 0 Å². The first-order valence-electron chi connectivity index (χ1n) is 6.71. The fraction of sp³-hybridized carbons (Fsp3) is 0.533. The number of piperazine rings is 1. The van der Waals surface area contributed by atoms with Gasteiger partial charge in [-0.05, 0) is 30.5 Å². The first kappa shape index (κ1) is 16.0. The molecule has 1 aromatic rings. The predicted octanol–water partition coefficient (Wildman–Crippen LogP) is 2.67. The summed E-state index contributed by atoms with van der Waals surface area (Å²) in [5.74, 6) is 0.659. The van der Waals surface area contributed by atoms with E-state index >= 15 is 0 Å². The van der Waals surface area contributed by atoms with Crippen LogP contribution in [0, 0.1) is 0 Å². The zero-order chi connectivity index (χ0) is 13.1. The van der Waals surface area contributed by atoms with Gasteiger partial charge in [0.15, 0.2) is 0 Å². The van der Waals surface area contributed by atoms with Crippen LogP contribution in [0.25, 0.3) is 0 Å². The minimum atomic E-state index is 0. The smallest absolute Gasteiger partial charge is 0.254 e. The fourth-order valence-corrected chi connectivity index (χ4v) is 2.32. The number of amides is 1. The molecule has 1 atom stereocenters. The topological polar surface area (TPSA) is 32.3 Å². The highest BCUT2D eigenvalue weighted by atomic mass is 35.5. The zero-order valence-electron chi connectivity index (χ0n) is 11.8. The van der Waals surface area contributed by atoms with Crippen molar-refractivity contribution in [2.24, 2.45) is 0 Å². The summed E-state index contributed by atoms with van der Waals surface area (Å²) in [6.45, 7) is 8.98. The standard InChI is InChI=1S/C15H22N2O.ClH/c1-11(2)13-4-6-14(7-5-13)15(18)17-9-8-16-10-12(17)3;/h4-7,11-12,16H,8-10H2,1-3H3;1H/t12-;/m0./s1. The number of benzene rings is 1. The van der Waals surface area contributed by atoms with Gasteiger partial charge >= 0.3 is 0 Å². The molecule has 0 spiro atoms. The number of hydrogen-bond donors (Lipinski definition) is 1. The monoisotopic (exact) mass is 282 g/mol. The van der Waals surface area contributed by atoms with E-state index in [1.54, 1.807) is 0 Å². The molecule has 0 bridgehead atoms. The highest BCUT2D eigenvalue weighted by Crippen LogP contribution is 2.16. The van der Waals surface area contributed by atoms with E-state index in [0.717, 1.165) is 25.2 Å². The lowest BCUT2D eigenvalue weighted by Crippen LogP contribution is -2.52. The molecule has 0 aromatic heterocycles. The van der Waals surface area contributed by atoms with Gasteiger partial charge in [0.1, 0.15) is 0 Å². The van der Waals surface area contributed by atoms with E-state index in [9.17, 15) is 4.79 Å². The number of nitrogens with one attached hydrogen (secondary N) is 1. The van der Waals surface area contributed by atoms with Crippen LogP contribution < -0.4 is 5.32 Å². The Kier molecular flexibility index (Phi) is 5.83. The second-order valence-electron chi connectivity index (χ2n) is 5.33. The van der Waals surface area contributed by atoms with Crippen molar-refractivity contribution < 1.29 is 4.79 Å². The molecule has 106 valence electrons. The van der Waals surface area contributed by atoms with Gasteiger partial charge in [-0.25, -0.2) is 0 Å². The Morgan fingerprint density at radius 1 is 1.32 bits per heavy atom. The van der Waals surface area contributed by atoms with Crippen molar-refractivity contribution in [2.45, 2.75) is 32.7 Å². The van der Waals surface area contributed by atoms with Gasteiger partial charge in [-0.2, -0.15) is 0 Å². The van der Waals surface area contributed by atoms with Crippen LogP contribution in [0.3, 0.4) is 0 Å². The van der Waals surface area contributed by atoms with E-state index in [0.29, 0.717) is 5.92 Å². The maximum Gasteiger partial charge on any atom is 0.254 e. The Morgan fingerprint density at radius 2 is 1.95 bits per heavy atom. The lowest BCUT2D eigenvalue weighted by molar-refractivity contribution is 0.0656. The van der Waals surface area contributed by atoms with Crippen molar-refractivity contribution >= 4 is 18.3 Å². The molecule has 0 radical (unpaired) electrons. The summed E-state index contributed by atoms with van der Waals surface area (Å²) in [5.41, 5.74) is 2.08. The van der Waals surface area contributed by atoms with Gasteiger partial charge < -0.3 is 10.2 Å². The average Bonchev–Trinajstić information content (AvgIpc) is 2.38. The van der Waals surface area contributed by atoms with Crippen LogP contribution in [-0.2, 0) is 0 Å². The first-order valence-corrected chi connectivity index (χ1v) is 6.71. The first-order chi connectivity index (χ1) is 8.59. The van der Waals surface area contributed by atoms with Crippen molar-refractivity contribution in [2.75, 3.05) is 19.6 Å². The van der Waals surface area contributed by atoms with Crippen molar-refractivity contribution in [1.82, 2.24) is 10.2 Å². The SMILES string of the molecule is CC(C)c1ccc(C(=O)N2CCNC[C@@H]2C)cc1.Cl. The summed E-state index contributed by atoms with van der Waals surface area (Å²) in [7, 11) is 0. The fourth-order valence-electron chi connectivity index (χ4n) is 2.32. The van der Waals surface area contributed by atoms with Gasteiger partial charge in [0.25, 0.3) is 5.91 Å². The van der Waals surface area contributed by atoms with Crippen molar-refractivity contribution in [3.63, 3.8) is 0 Å². The van der Waals surface area contributed by atoms with E-state index in [1.807, 2.05) is 17.0 Å².